The third-order valence-corrected chi connectivity index (χ3v) is 3.18. The molecule has 2 rings (SSSR count). The van der Waals surface area contributed by atoms with Crippen LogP contribution in [-0.4, -0.2) is 25.0 Å². The van der Waals surface area contributed by atoms with E-state index in [2.05, 4.69) is 31.5 Å². The molecule has 0 unspecified atom stereocenters. The second-order valence-electron chi connectivity index (χ2n) is 3.98. The molecule has 104 valence electrons. The van der Waals surface area contributed by atoms with Crippen LogP contribution < -0.4 is 15.4 Å². The Morgan fingerprint density at radius 1 is 1.30 bits per heavy atom. The maximum Gasteiger partial charge on any atom is 0.257 e. The summed E-state index contributed by atoms with van der Waals surface area (Å²) in [5, 5.41) is 5.70. The van der Waals surface area contributed by atoms with Gasteiger partial charge in [-0.25, -0.2) is 4.98 Å². The number of anilines is 2. The summed E-state index contributed by atoms with van der Waals surface area (Å²) in [6.45, 7) is 0. The lowest BCUT2D eigenvalue weighted by Crippen LogP contribution is -2.13. The highest BCUT2D eigenvalue weighted by Crippen LogP contribution is 2.28. The predicted molar refractivity (Wildman–Crippen MR) is 82.4 cm³/mol. The molecule has 6 heteroatoms. The highest BCUT2D eigenvalue weighted by Gasteiger charge is 2.10. The Kier molecular flexibility index (Phi) is 4.57. The summed E-state index contributed by atoms with van der Waals surface area (Å²) in [5.41, 5.74) is 1.08. The minimum Gasteiger partial charge on any atom is -0.495 e. The largest absolute Gasteiger partial charge is 0.495 e. The Labute approximate surface area is 125 Å². The summed E-state index contributed by atoms with van der Waals surface area (Å²) in [6, 6.07) is 8.86. The quantitative estimate of drug-likeness (QED) is 0.900. The van der Waals surface area contributed by atoms with Crippen molar-refractivity contribution in [2.24, 2.45) is 0 Å². The highest BCUT2D eigenvalue weighted by molar-refractivity contribution is 9.10. The molecule has 0 aliphatic rings. The highest BCUT2D eigenvalue weighted by atomic mass is 79.9. The van der Waals surface area contributed by atoms with Crippen molar-refractivity contribution < 1.29 is 9.53 Å². The molecule has 0 aliphatic heterocycles. The number of methoxy groups -OCH3 is 1. The lowest BCUT2D eigenvalue weighted by Gasteiger charge is -2.10. The predicted octanol–water partition coefficient (Wildman–Crippen LogP) is 3.15. The molecule has 0 atom stereocenters. The van der Waals surface area contributed by atoms with E-state index in [0.29, 0.717) is 22.8 Å². The Hall–Kier alpha value is -2.08. The van der Waals surface area contributed by atoms with Gasteiger partial charge in [-0.3, -0.25) is 4.79 Å². The first-order chi connectivity index (χ1) is 9.63. The molecule has 0 fully saturated rings. The summed E-state index contributed by atoms with van der Waals surface area (Å²) >= 11 is 3.36. The van der Waals surface area contributed by atoms with Crippen LogP contribution in [0.3, 0.4) is 0 Å². The molecule has 1 heterocycles. The number of rotatable bonds is 4. The molecule has 0 radical (unpaired) electrons. The van der Waals surface area contributed by atoms with Gasteiger partial charge in [-0.15, -0.1) is 0 Å². The number of aromatic nitrogens is 1. The monoisotopic (exact) mass is 335 g/mol. The molecule has 2 N–H and O–H groups in total. The summed E-state index contributed by atoms with van der Waals surface area (Å²) in [6.07, 6.45) is 1.52. The molecule has 20 heavy (non-hydrogen) atoms. The SMILES string of the molecule is CNc1ccc(C(=O)Nc2cc(Br)ccc2OC)cn1. The van der Waals surface area contributed by atoms with Gasteiger partial charge in [0.2, 0.25) is 0 Å². The average Bonchev–Trinajstić information content (AvgIpc) is 2.47. The van der Waals surface area contributed by atoms with Crippen molar-refractivity contribution in [1.82, 2.24) is 4.98 Å². The fourth-order valence-corrected chi connectivity index (χ4v) is 2.01. The Morgan fingerprint density at radius 2 is 2.10 bits per heavy atom. The average molecular weight is 336 g/mol. The number of nitrogens with one attached hydrogen (secondary N) is 2. The van der Waals surface area contributed by atoms with Crippen molar-refractivity contribution in [1.29, 1.82) is 0 Å². The van der Waals surface area contributed by atoms with E-state index < -0.39 is 0 Å². The summed E-state index contributed by atoms with van der Waals surface area (Å²) in [5.74, 6) is 1.07. The summed E-state index contributed by atoms with van der Waals surface area (Å²) in [4.78, 5) is 16.3. The first-order valence-electron chi connectivity index (χ1n) is 5.92. The van der Waals surface area contributed by atoms with E-state index in [1.807, 2.05) is 6.07 Å². The molecule has 0 bridgehead atoms. The van der Waals surface area contributed by atoms with E-state index in [9.17, 15) is 4.79 Å². The van der Waals surface area contributed by atoms with Crippen molar-refractivity contribution in [2.45, 2.75) is 0 Å². The van der Waals surface area contributed by atoms with Gasteiger partial charge in [-0.1, -0.05) is 15.9 Å². The van der Waals surface area contributed by atoms with Crippen molar-refractivity contribution in [3.63, 3.8) is 0 Å². The number of carbonyl (C=O) groups is 1. The zero-order valence-electron chi connectivity index (χ0n) is 11.1. The van der Waals surface area contributed by atoms with E-state index in [1.165, 1.54) is 6.20 Å². The van der Waals surface area contributed by atoms with E-state index in [1.54, 1.807) is 38.4 Å². The number of benzene rings is 1. The van der Waals surface area contributed by atoms with E-state index in [4.69, 9.17) is 4.74 Å². The maximum atomic E-state index is 12.2. The van der Waals surface area contributed by atoms with Crippen LogP contribution in [0.15, 0.2) is 41.0 Å². The summed E-state index contributed by atoms with van der Waals surface area (Å²) < 4.78 is 6.07. The van der Waals surface area contributed by atoms with E-state index in [0.717, 1.165) is 4.47 Å². The van der Waals surface area contributed by atoms with Gasteiger partial charge >= 0.3 is 0 Å². The molecule has 1 aromatic carbocycles. The molecule has 0 aliphatic carbocycles. The van der Waals surface area contributed by atoms with Gasteiger partial charge in [-0.05, 0) is 30.3 Å². The number of pyridine rings is 1. The van der Waals surface area contributed by atoms with Crippen molar-refractivity contribution >= 4 is 33.3 Å². The molecule has 5 nitrogen and oxygen atoms in total. The second kappa shape index (κ2) is 6.38. The van der Waals surface area contributed by atoms with Crippen molar-refractivity contribution in [3.8, 4) is 5.75 Å². The molecule has 0 saturated carbocycles. The number of amides is 1. The molecule has 0 spiro atoms. The first-order valence-corrected chi connectivity index (χ1v) is 6.72. The zero-order valence-corrected chi connectivity index (χ0v) is 12.7. The lowest BCUT2D eigenvalue weighted by atomic mass is 10.2. The number of nitrogens with zero attached hydrogens (tertiary/aromatic N) is 1. The third-order valence-electron chi connectivity index (χ3n) is 2.69. The Bertz CT molecular complexity index is 614. The maximum absolute atomic E-state index is 12.2. The van der Waals surface area contributed by atoms with Crippen LogP contribution in [0.1, 0.15) is 10.4 Å². The van der Waals surface area contributed by atoms with Crippen molar-refractivity contribution in [3.05, 3.63) is 46.6 Å². The minimum absolute atomic E-state index is 0.239. The fraction of sp³-hybridized carbons (Fsp3) is 0.143. The molecule has 1 aromatic heterocycles. The van der Waals surface area contributed by atoms with Gasteiger partial charge in [0.15, 0.2) is 0 Å². The van der Waals surface area contributed by atoms with E-state index in [-0.39, 0.29) is 5.91 Å². The van der Waals surface area contributed by atoms with Crippen molar-refractivity contribution in [2.75, 3.05) is 24.8 Å². The van der Waals surface area contributed by atoms with Gasteiger partial charge in [-0.2, -0.15) is 0 Å². The Balaban J connectivity index is 2.20. The van der Waals surface area contributed by atoms with Crippen LogP contribution in [0.4, 0.5) is 11.5 Å². The number of ether oxygens (including phenoxy) is 1. The fourth-order valence-electron chi connectivity index (χ4n) is 1.65. The van der Waals surface area contributed by atoms with Gasteiger partial charge in [0.05, 0.1) is 18.4 Å². The second-order valence-corrected chi connectivity index (χ2v) is 4.90. The van der Waals surface area contributed by atoms with Crippen LogP contribution in [0.2, 0.25) is 0 Å². The standard InChI is InChI=1S/C14H14BrN3O2/c1-16-13-6-3-9(8-17-13)14(19)18-11-7-10(15)4-5-12(11)20-2/h3-8H,1-2H3,(H,16,17)(H,18,19). The van der Waals surface area contributed by atoms with Gasteiger partial charge in [0, 0.05) is 17.7 Å². The third kappa shape index (κ3) is 3.27. The van der Waals surface area contributed by atoms with E-state index >= 15 is 0 Å². The molecule has 0 saturated heterocycles. The van der Waals surface area contributed by atoms with Crippen LogP contribution in [-0.2, 0) is 0 Å². The van der Waals surface area contributed by atoms with Crippen LogP contribution in [0, 0.1) is 0 Å². The molecule has 1 amide bonds. The smallest absolute Gasteiger partial charge is 0.257 e. The summed E-state index contributed by atoms with van der Waals surface area (Å²) in [7, 11) is 3.33. The first kappa shape index (κ1) is 14.3. The van der Waals surface area contributed by atoms with Crippen LogP contribution in [0.25, 0.3) is 0 Å². The van der Waals surface area contributed by atoms with Crippen LogP contribution in [0.5, 0.6) is 5.75 Å². The number of hydrogen-bond acceptors (Lipinski definition) is 4. The molecular weight excluding hydrogens is 322 g/mol. The van der Waals surface area contributed by atoms with Gasteiger partial charge < -0.3 is 15.4 Å². The molecular formula is C14H14BrN3O2. The molecule has 2 aromatic rings. The minimum atomic E-state index is -0.239. The zero-order chi connectivity index (χ0) is 14.5. The lowest BCUT2D eigenvalue weighted by molar-refractivity contribution is 0.102. The normalized spacial score (nSPS) is 9.95. The topological polar surface area (TPSA) is 63.2 Å². The Morgan fingerprint density at radius 3 is 2.70 bits per heavy atom. The number of carbonyl (C=O) groups excluding carboxylic acids is 1. The number of hydrogen-bond donors (Lipinski definition) is 2. The van der Waals surface area contributed by atoms with Gasteiger partial charge in [0.1, 0.15) is 11.6 Å². The van der Waals surface area contributed by atoms with Gasteiger partial charge in [0.25, 0.3) is 5.91 Å². The van der Waals surface area contributed by atoms with Crippen LogP contribution >= 0.6 is 15.9 Å². The number of halogens is 1.